The topological polar surface area (TPSA) is 46.6 Å². The van der Waals surface area contributed by atoms with Crippen molar-refractivity contribution in [2.75, 3.05) is 13.1 Å². The average molecular weight is 263 g/mol. The molecule has 6 heteroatoms. The van der Waals surface area contributed by atoms with Crippen molar-refractivity contribution in [3.8, 4) is 0 Å². The van der Waals surface area contributed by atoms with E-state index in [4.69, 9.17) is 4.74 Å². The lowest BCUT2D eigenvalue weighted by atomic mass is 10.0. The molecule has 1 aliphatic rings. The van der Waals surface area contributed by atoms with Crippen molar-refractivity contribution in [3.05, 3.63) is 0 Å². The van der Waals surface area contributed by atoms with Gasteiger partial charge in [-0.3, -0.25) is 0 Å². The smallest absolute Gasteiger partial charge is 0.410 e. The number of carbonyl (C=O) groups is 2. The first-order valence-electron chi connectivity index (χ1n) is 5.94. The van der Waals surface area contributed by atoms with Crippen LogP contribution in [0.1, 0.15) is 33.6 Å². The summed E-state index contributed by atoms with van der Waals surface area (Å²) in [4.78, 5) is 23.5. The number of amides is 1. The monoisotopic (exact) mass is 263 g/mol. The van der Waals surface area contributed by atoms with E-state index in [1.54, 1.807) is 20.8 Å². The third-order valence-corrected chi connectivity index (χ3v) is 2.60. The molecule has 0 aromatic rings. The Hall–Kier alpha value is -1.20. The van der Waals surface area contributed by atoms with Gasteiger partial charge in [-0.2, -0.15) is 0 Å². The quantitative estimate of drug-likeness (QED) is 0.683. The largest absolute Gasteiger partial charge is 0.444 e. The lowest BCUT2D eigenvalue weighted by Gasteiger charge is -2.28. The van der Waals surface area contributed by atoms with Gasteiger partial charge < -0.3 is 14.4 Å². The zero-order valence-electron chi connectivity index (χ0n) is 10.9. The highest BCUT2D eigenvalue weighted by molar-refractivity contribution is 5.69. The number of hydrogen-bond acceptors (Lipinski definition) is 3. The van der Waals surface area contributed by atoms with E-state index >= 15 is 0 Å². The summed E-state index contributed by atoms with van der Waals surface area (Å²) in [6.45, 7) is 4.30. The lowest BCUT2D eigenvalue weighted by Crippen LogP contribution is -2.43. The van der Waals surface area contributed by atoms with Gasteiger partial charge >= 0.3 is 6.09 Å². The second-order valence-electron chi connectivity index (χ2n) is 5.65. The number of hydrogen-bond donors (Lipinski definition) is 0. The summed E-state index contributed by atoms with van der Waals surface area (Å²) in [5.74, 6) is -3.51. The molecule has 0 aliphatic carbocycles. The molecule has 0 N–H and O–H groups in total. The predicted octanol–water partition coefficient (Wildman–Crippen LogP) is 2.47. The lowest BCUT2D eigenvalue weighted by molar-refractivity contribution is -0.111. The van der Waals surface area contributed by atoms with Crippen LogP contribution in [0.3, 0.4) is 0 Å². The highest BCUT2D eigenvalue weighted by Gasteiger charge is 2.39. The van der Waals surface area contributed by atoms with Gasteiger partial charge in [-0.05, 0) is 27.2 Å². The van der Waals surface area contributed by atoms with Gasteiger partial charge in [0.25, 0.3) is 5.92 Å². The van der Waals surface area contributed by atoms with Gasteiger partial charge in [0.2, 0.25) is 0 Å². The van der Waals surface area contributed by atoms with E-state index in [1.807, 2.05) is 0 Å². The first kappa shape index (κ1) is 14.9. The molecule has 0 aromatic heterocycles. The van der Waals surface area contributed by atoms with E-state index in [0.29, 0.717) is 6.29 Å². The minimum absolute atomic E-state index is 0.00595. The Morgan fingerprint density at radius 3 is 2.56 bits per heavy atom. The molecule has 0 bridgehead atoms. The maximum absolute atomic E-state index is 13.5. The first-order chi connectivity index (χ1) is 8.13. The molecule has 1 unspecified atom stereocenters. The Labute approximate surface area is 105 Å². The molecule has 1 atom stereocenters. The number of carbonyl (C=O) groups excluding carboxylic acids is 2. The van der Waals surface area contributed by atoms with Gasteiger partial charge in [0.1, 0.15) is 11.9 Å². The highest BCUT2D eigenvalue weighted by Crippen LogP contribution is 2.29. The number of aldehydes is 1. The fourth-order valence-electron chi connectivity index (χ4n) is 1.77. The Morgan fingerprint density at radius 1 is 1.44 bits per heavy atom. The molecule has 0 aromatic carbocycles. The molecule has 1 fully saturated rings. The van der Waals surface area contributed by atoms with Crippen LogP contribution in [-0.4, -0.2) is 41.9 Å². The van der Waals surface area contributed by atoms with Crippen molar-refractivity contribution in [1.29, 1.82) is 0 Å². The van der Waals surface area contributed by atoms with Gasteiger partial charge in [0.15, 0.2) is 0 Å². The molecule has 1 aliphatic heterocycles. The van der Waals surface area contributed by atoms with Gasteiger partial charge in [-0.25, -0.2) is 13.6 Å². The van der Waals surface area contributed by atoms with Crippen molar-refractivity contribution in [3.63, 3.8) is 0 Å². The van der Waals surface area contributed by atoms with E-state index in [2.05, 4.69) is 0 Å². The minimum Gasteiger partial charge on any atom is -0.444 e. The SMILES string of the molecule is CC(C)(C)OC(=O)N1CC(C=O)CCC(F)(F)C1. The Morgan fingerprint density at radius 2 is 2.06 bits per heavy atom. The summed E-state index contributed by atoms with van der Waals surface area (Å²) in [5.41, 5.74) is -0.741. The Kier molecular flexibility index (Phi) is 4.29. The third kappa shape index (κ3) is 4.58. The molecule has 1 rings (SSSR count). The molecule has 0 radical (unpaired) electrons. The molecule has 1 amide bonds. The molecule has 0 saturated carbocycles. The number of ether oxygens (including phenoxy) is 1. The minimum atomic E-state index is -2.96. The summed E-state index contributed by atoms with van der Waals surface area (Å²) >= 11 is 0. The molecule has 18 heavy (non-hydrogen) atoms. The van der Waals surface area contributed by atoms with Gasteiger partial charge in [-0.15, -0.1) is 0 Å². The fraction of sp³-hybridized carbons (Fsp3) is 0.833. The maximum atomic E-state index is 13.5. The van der Waals surface area contributed by atoms with Crippen LogP contribution in [0.2, 0.25) is 0 Å². The van der Waals surface area contributed by atoms with Crippen molar-refractivity contribution in [2.24, 2.45) is 5.92 Å². The van der Waals surface area contributed by atoms with Crippen LogP contribution in [0.5, 0.6) is 0 Å². The van der Waals surface area contributed by atoms with Crippen molar-refractivity contribution in [2.45, 2.75) is 45.1 Å². The Bertz CT molecular complexity index is 326. The van der Waals surface area contributed by atoms with E-state index in [9.17, 15) is 18.4 Å². The molecular formula is C12H19F2NO3. The molecule has 104 valence electrons. The van der Waals surface area contributed by atoms with Crippen LogP contribution in [0.15, 0.2) is 0 Å². The van der Waals surface area contributed by atoms with Crippen LogP contribution in [-0.2, 0) is 9.53 Å². The highest BCUT2D eigenvalue weighted by atomic mass is 19.3. The summed E-state index contributed by atoms with van der Waals surface area (Å²) in [6, 6.07) is 0. The van der Waals surface area contributed by atoms with Crippen LogP contribution in [0.4, 0.5) is 13.6 Å². The Balaban J connectivity index is 2.77. The molecule has 4 nitrogen and oxygen atoms in total. The van der Waals surface area contributed by atoms with E-state index in [-0.39, 0.29) is 19.4 Å². The normalized spacial score (nSPS) is 24.3. The maximum Gasteiger partial charge on any atom is 0.410 e. The summed E-state index contributed by atoms with van der Waals surface area (Å²) in [7, 11) is 0. The summed E-state index contributed by atoms with van der Waals surface area (Å²) in [5, 5.41) is 0. The van der Waals surface area contributed by atoms with E-state index < -0.39 is 30.1 Å². The van der Waals surface area contributed by atoms with E-state index in [0.717, 1.165) is 4.90 Å². The predicted molar refractivity (Wildman–Crippen MR) is 61.5 cm³/mol. The van der Waals surface area contributed by atoms with Crippen molar-refractivity contribution >= 4 is 12.4 Å². The zero-order chi connectivity index (χ0) is 14.0. The zero-order valence-corrected chi connectivity index (χ0v) is 10.9. The number of likely N-dealkylation sites (tertiary alicyclic amines) is 1. The number of nitrogens with zero attached hydrogens (tertiary/aromatic N) is 1. The number of halogens is 2. The van der Waals surface area contributed by atoms with Crippen LogP contribution < -0.4 is 0 Å². The van der Waals surface area contributed by atoms with Gasteiger partial charge in [0, 0.05) is 18.9 Å². The standard InChI is InChI=1S/C12H19F2NO3/c1-11(2,3)18-10(17)15-6-9(7-16)4-5-12(13,14)8-15/h7,9H,4-6,8H2,1-3H3. The van der Waals surface area contributed by atoms with Gasteiger partial charge in [-0.1, -0.05) is 0 Å². The van der Waals surface area contributed by atoms with Crippen molar-refractivity contribution in [1.82, 2.24) is 4.90 Å². The summed E-state index contributed by atoms with van der Waals surface area (Å²) < 4.78 is 32.0. The van der Waals surface area contributed by atoms with Crippen LogP contribution >= 0.6 is 0 Å². The molecular weight excluding hydrogens is 244 g/mol. The van der Waals surface area contributed by atoms with Crippen LogP contribution in [0.25, 0.3) is 0 Å². The third-order valence-electron chi connectivity index (χ3n) is 2.60. The number of alkyl halides is 2. The second-order valence-corrected chi connectivity index (χ2v) is 5.65. The average Bonchev–Trinajstić information content (AvgIpc) is 2.34. The van der Waals surface area contributed by atoms with Crippen molar-refractivity contribution < 1.29 is 23.1 Å². The second kappa shape index (κ2) is 5.20. The first-order valence-corrected chi connectivity index (χ1v) is 5.94. The van der Waals surface area contributed by atoms with Gasteiger partial charge in [0.05, 0.1) is 6.54 Å². The number of rotatable bonds is 1. The molecule has 1 heterocycles. The fourth-order valence-corrected chi connectivity index (χ4v) is 1.77. The van der Waals surface area contributed by atoms with E-state index in [1.165, 1.54) is 0 Å². The molecule has 1 saturated heterocycles. The van der Waals surface area contributed by atoms with Crippen LogP contribution in [0, 0.1) is 5.92 Å². The summed E-state index contributed by atoms with van der Waals surface area (Å²) in [6.07, 6.45) is -0.458. The molecule has 0 spiro atoms.